The number of hydrogen-bond acceptors (Lipinski definition) is 4. The lowest BCUT2D eigenvalue weighted by molar-refractivity contribution is -0.117. The number of carbonyl (C=O) groups is 2. The van der Waals surface area contributed by atoms with E-state index in [1.54, 1.807) is 24.3 Å². The molecule has 2 aromatic carbocycles. The summed E-state index contributed by atoms with van der Waals surface area (Å²) in [5.74, 6) is -0.616. The largest absolute Gasteiger partial charge is 0.462 e. The molecule has 0 fully saturated rings. The summed E-state index contributed by atoms with van der Waals surface area (Å²) >= 11 is 0. The van der Waals surface area contributed by atoms with E-state index in [1.807, 2.05) is 37.3 Å². The standard InChI is InChI=1S/C20H24N2O3/c1-2-3-13-25-20(24)16-9-11-17(12-10-16)22-19(23)18(21)14-15-7-5-4-6-8-15/h4-12,18H,2-3,13-14,21H2,1H3,(H,22,23)/t18-/m1/s1. The Kier molecular flexibility index (Phi) is 7.16. The van der Waals surface area contributed by atoms with Gasteiger partial charge in [-0.1, -0.05) is 43.7 Å². The Balaban J connectivity index is 1.87. The molecule has 0 unspecified atom stereocenters. The summed E-state index contributed by atoms with van der Waals surface area (Å²) in [6.07, 6.45) is 2.29. The number of nitrogens with two attached hydrogens (primary N) is 1. The van der Waals surface area contributed by atoms with Crippen LogP contribution in [-0.2, 0) is 16.0 Å². The van der Waals surface area contributed by atoms with Gasteiger partial charge in [-0.05, 0) is 42.7 Å². The van der Waals surface area contributed by atoms with Gasteiger partial charge in [-0.3, -0.25) is 4.79 Å². The first-order chi connectivity index (χ1) is 12.1. The van der Waals surface area contributed by atoms with Gasteiger partial charge >= 0.3 is 5.97 Å². The van der Waals surface area contributed by atoms with Gasteiger partial charge in [0.05, 0.1) is 18.2 Å². The first-order valence-corrected chi connectivity index (χ1v) is 8.47. The number of benzene rings is 2. The van der Waals surface area contributed by atoms with Crippen LogP contribution in [0.3, 0.4) is 0 Å². The number of esters is 1. The lowest BCUT2D eigenvalue weighted by Gasteiger charge is -2.12. The summed E-state index contributed by atoms with van der Waals surface area (Å²) in [7, 11) is 0. The molecule has 0 aromatic heterocycles. The van der Waals surface area contributed by atoms with Gasteiger partial charge in [0, 0.05) is 5.69 Å². The second-order valence-electron chi connectivity index (χ2n) is 5.85. The molecular formula is C20H24N2O3. The van der Waals surface area contributed by atoms with Gasteiger partial charge in [0.25, 0.3) is 0 Å². The van der Waals surface area contributed by atoms with Crippen molar-refractivity contribution in [3.05, 3.63) is 65.7 Å². The van der Waals surface area contributed by atoms with E-state index >= 15 is 0 Å². The molecule has 0 aliphatic rings. The second kappa shape index (κ2) is 9.59. The van der Waals surface area contributed by atoms with Crippen molar-refractivity contribution in [3.63, 3.8) is 0 Å². The number of amides is 1. The monoisotopic (exact) mass is 340 g/mol. The summed E-state index contributed by atoms with van der Waals surface area (Å²) in [4.78, 5) is 24.0. The third-order valence-electron chi connectivity index (χ3n) is 3.75. The molecule has 0 saturated heterocycles. The van der Waals surface area contributed by atoms with Crippen LogP contribution in [0.2, 0.25) is 0 Å². The van der Waals surface area contributed by atoms with Gasteiger partial charge in [0.15, 0.2) is 0 Å². The van der Waals surface area contributed by atoms with Crippen LogP contribution in [0, 0.1) is 0 Å². The van der Waals surface area contributed by atoms with Crippen molar-refractivity contribution in [2.75, 3.05) is 11.9 Å². The highest BCUT2D eigenvalue weighted by Crippen LogP contribution is 2.12. The molecular weight excluding hydrogens is 316 g/mol. The number of ether oxygens (including phenoxy) is 1. The van der Waals surface area contributed by atoms with E-state index in [0.29, 0.717) is 24.3 Å². The van der Waals surface area contributed by atoms with Gasteiger partial charge in [0.2, 0.25) is 5.91 Å². The Morgan fingerprint density at radius 2 is 1.76 bits per heavy atom. The molecule has 0 bridgehead atoms. The van der Waals surface area contributed by atoms with E-state index in [2.05, 4.69) is 5.32 Å². The van der Waals surface area contributed by atoms with E-state index in [9.17, 15) is 9.59 Å². The van der Waals surface area contributed by atoms with Crippen LogP contribution in [-0.4, -0.2) is 24.5 Å². The minimum absolute atomic E-state index is 0.262. The van der Waals surface area contributed by atoms with Crippen LogP contribution in [0.25, 0.3) is 0 Å². The topological polar surface area (TPSA) is 81.4 Å². The van der Waals surface area contributed by atoms with Crippen molar-refractivity contribution < 1.29 is 14.3 Å². The molecule has 0 heterocycles. The lowest BCUT2D eigenvalue weighted by atomic mass is 10.1. The summed E-state index contributed by atoms with van der Waals surface area (Å²) in [6, 6.07) is 15.6. The van der Waals surface area contributed by atoms with Crippen LogP contribution in [0.15, 0.2) is 54.6 Å². The lowest BCUT2D eigenvalue weighted by Crippen LogP contribution is -2.37. The second-order valence-corrected chi connectivity index (χ2v) is 5.85. The van der Waals surface area contributed by atoms with Crippen LogP contribution >= 0.6 is 0 Å². The fourth-order valence-corrected chi connectivity index (χ4v) is 2.28. The van der Waals surface area contributed by atoms with Gasteiger partial charge in [0.1, 0.15) is 0 Å². The number of nitrogens with one attached hydrogen (secondary N) is 1. The molecule has 0 spiro atoms. The number of anilines is 1. The van der Waals surface area contributed by atoms with Crippen molar-refractivity contribution in [3.8, 4) is 0 Å². The van der Waals surface area contributed by atoms with E-state index < -0.39 is 6.04 Å². The first-order valence-electron chi connectivity index (χ1n) is 8.47. The Labute approximate surface area is 148 Å². The molecule has 25 heavy (non-hydrogen) atoms. The van der Waals surface area contributed by atoms with Crippen molar-refractivity contribution in [2.45, 2.75) is 32.2 Å². The molecule has 0 aliphatic carbocycles. The average molecular weight is 340 g/mol. The molecule has 1 atom stereocenters. The number of hydrogen-bond donors (Lipinski definition) is 2. The minimum atomic E-state index is -0.638. The molecule has 5 heteroatoms. The average Bonchev–Trinajstić information content (AvgIpc) is 2.63. The van der Waals surface area contributed by atoms with Crippen LogP contribution in [0.5, 0.6) is 0 Å². The molecule has 1 amide bonds. The zero-order valence-corrected chi connectivity index (χ0v) is 14.4. The highest BCUT2D eigenvalue weighted by Gasteiger charge is 2.14. The number of rotatable bonds is 8. The fraction of sp³-hybridized carbons (Fsp3) is 0.300. The van der Waals surface area contributed by atoms with Crippen molar-refractivity contribution in [2.24, 2.45) is 5.73 Å². The zero-order chi connectivity index (χ0) is 18.1. The highest BCUT2D eigenvalue weighted by molar-refractivity contribution is 5.95. The molecule has 0 saturated carbocycles. The van der Waals surface area contributed by atoms with Crippen molar-refractivity contribution >= 4 is 17.6 Å². The first kappa shape index (κ1) is 18.7. The molecule has 0 aliphatic heterocycles. The van der Waals surface area contributed by atoms with Crippen LogP contribution in [0.1, 0.15) is 35.7 Å². The summed E-state index contributed by atoms with van der Waals surface area (Å²) in [6.45, 7) is 2.45. The van der Waals surface area contributed by atoms with E-state index in [4.69, 9.17) is 10.5 Å². The predicted octanol–water partition coefficient (Wildman–Crippen LogP) is 3.15. The molecule has 0 radical (unpaired) electrons. The Bertz CT molecular complexity index is 684. The van der Waals surface area contributed by atoms with E-state index in [0.717, 1.165) is 18.4 Å². The molecule has 5 nitrogen and oxygen atoms in total. The summed E-state index contributed by atoms with van der Waals surface area (Å²) < 4.78 is 5.15. The van der Waals surface area contributed by atoms with Gasteiger partial charge < -0.3 is 15.8 Å². The maximum Gasteiger partial charge on any atom is 0.338 e. The number of unbranched alkanes of at least 4 members (excludes halogenated alkanes) is 1. The van der Waals surface area contributed by atoms with Crippen LogP contribution < -0.4 is 11.1 Å². The molecule has 2 aromatic rings. The van der Waals surface area contributed by atoms with Crippen LogP contribution in [0.4, 0.5) is 5.69 Å². The fourth-order valence-electron chi connectivity index (χ4n) is 2.28. The Morgan fingerprint density at radius 3 is 2.40 bits per heavy atom. The molecule has 132 valence electrons. The smallest absolute Gasteiger partial charge is 0.338 e. The summed E-state index contributed by atoms with van der Waals surface area (Å²) in [5, 5.41) is 2.76. The Hall–Kier alpha value is -2.66. The maximum atomic E-state index is 12.2. The third-order valence-corrected chi connectivity index (χ3v) is 3.75. The van der Waals surface area contributed by atoms with Crippen molar-refractivity contribution in [1.82, 2.24) is 0 Å². The van der Waals surface area contributed by atoms with E-state index in [-0.39, 0.29) is 11.9 Å². The number of carbonyl (C=O) groups excluding carboxylic acids is 2. The zero-order valence-electron chi connectivity index (χ0n) is 14.4. The normalized spacial score (nSPS) is 11.6. The van der Waals surface area contributed by atoms with E-state index in [1.165, 1.54) is 0 Å². The Morgan fingerprint density at radius 1 is 1.08 bits per heavy atom. The van der Waals surface area contributed by atoms with Gasteiger partial charge in [-0.25, -0.2) is 4.79 Å². The minimum Gasteiger partial charge on any atom is -0.462 e. The SMILES string of the molecule is CCCCOC(=O)c1ccc(NC(=O)[C@H](N)Cc2ccccc2)cc1. The van der Waals surface area contributed by atoms with Gasteiger partial charge in [-0.2, -0.15) is 0 Å². The molecule has 3 N–H and O–H groups in total. The third kappa shape index (κ3) is 6.04. The summed E-state index contributed by atoms with van der Waals surface area (Å²) in [5.41, 5.74) is 8.02. The maximum absolute atomic E-state index is 12.2. The van der Waals surface area contributed by atoms with Crippen molar-refractivity contribution in [1.29, 1.82) is 0 Å². The van der Waals surface area contributed by atoms with Gasteiger partial charge in [-0.15, -0.1) is 0 Å². The molecule has 2 rings (SSSR count). The quantitative estimate of drug-likeness (QED) is 0.571. The highest BCUT2D eigenvalue weighted by atomic mass is 16.5. The predicted molar refractivity (Wildman–Crippen MR) is 98.4 cm³/mol.